The topological polar surface area (TPSA) is 58.0 Å². The van der Waals surface area contributed by atoms with Gasteiger partial charge in [-0.1, -0.05) is 35.6 Å². The van der Waals surface area contributed by atoms with E-state index in [0.717, 1.165) is 15.8 Å². The Morgan fingerprint density at radius 2 is 1.96 bits per heavy atom. The summed E-state index contributed by atoms with van der Waals surface area (Å²) in [5, 5.41) is 6.56. The van der Waals surface area contributed by atoms with Crippen LogP contribution in [0.2, 0.25) is 0 Å². The highest BCUT2D eigenvalue weighted by molar-refractivity contribution is 7.22. The molecule has 1 amide bonds. The molecule has 0 radical (unpaired) electrons. The normalized spacial score (nSPS) is 15.5. The van der Waals surface area contributed by atoms with E-state index in [9.17, 15) is 4.79 Å². The number of rotatable bonds is 4. The number of hydrazone groups is 1. The number of amides is 1. The Morgan fingerprint density at radius 3 is 2.70 bits per heavy atom. The number of aromatic nitrogens is 1. The second-order valence-electron chi connectivity index (χ2n) is 6.27. The number of para-hydroxylation sites is 1. The Hall–Kier alpha value is -3.19. The molecule has 3 aromatic rings. The molecule has 2 aromatic carbocycles. The van der Waals surface area contributed by atoms with Gasteiger partial charge in [0.15, 0.2) is 0 Å². The molecule has 0 saturated carbocycles. The quantitative estimate of drug-likeness (QED) is 0.652. The zero-order valence-corrected chi connectivity index (χ0v) is 16.0. The summed E-state index contributed by atoms with van der Waals surface area (Å²) in [5.74, 6) is 0.519. The minimum atomic E-state index is -0.194. The number of hydrogen-bond acceptors (Lipinski definition) is 6. The maximum Gasteiger partial charge on any atom is 0.284 e. The average Bonchev–Trinajstić information content (AvgIpc) is 3.23. The van der Waals surface area contributed by atoms with Gasteiger partial charge in [-0.3, -0.25) is 4.79 Å². The smallest absolute Gasteiger partial charge is 0.284 e. The van der Waals surface area contributed by atoms with E-state index >= 15 is 0 Å². The lowest BCUT2D eigenvalue weighted by Gasteiger charge is -2.09. The van der Waals surface area contributed by atoms with Crippen LogP contribution in [-0.4, -0.2) is 42.7 Å². The molecular formula is C20H18N4O2S. The first-order chi connectivity index (χ1) is 13.1. The lowest BCUT2D eigenvalue weighted by molar-refractivity contribution is -0.114. The van der Waals surface area contributed by atoms with Crippen LogP contribution >= 0.6 is 11.3 Å². The Balaban J connectivity index is 1.83. The van der Waals surface area contributed by atoms with Crippen LogP contribution in [0.5, 0.6) is 5.75 Å². The molecular weight excluding hydrogens is 360 g/mol. The van der Waals surface area contributed by atoms with Crippen molar-refractivity contribution in [2.75, 3.05) is 26.2 Å². The number of carbonyl (C=O) groups excluding carboxylic acids is 1. The van der Waals surface area contributed by atoms with Crippen LogP contribution in [0.3, 0.4) is 0 Å². The van der Waals surface area contributed by atoms with Gasteiger partial charge in [0.1, 0.15) is 11.5 Å². The Bertz CT molecular complexity index is 1050. The third-order valence-corrected chi connectivity index (χ3v) is 5.08. The van der Waals surface area contributed by atoms with Crippen molar-refractivity contribution in [3.05, 3.63) is 65.9 Å². The molecule has 2 heterocycles. The monoisotopic (exact) mass is 378 g/mol. The number of carbonyl (C=O) groups is 1. The molecule has 0 bridgehead atoms. The molecule has 1 aromatic heterocycles. The lowest BCUT2D eigenvalue weighted by Crippen LogP contribution is -2.22. The first kappa shape index (κ1) is 17.2. The Morgan fingerprint density at radius 1 is 1.15 bits per heavy atom. The molecule has 0 N–H and O–H groups in total. The summed E-state index contributed by atoms with van der Waals surface area (Å²) in [6, 6.07) is 15.3. The van der Waals surface area contributed by atoms with Gasteiger partial charge >= 0.3 is 0 Å². The van der Waals surface area contributed by atoms with E-state index in [2.05, 4.69) is 10.1 Å². The summed E-state index contributed by atoms with van der Waals surface area (Å²) in [4.78, 5) is 19.5. The third kappa shape index (κ3) is 3.17. The van der Waals surface area contributed by atoms with E-state index in [4.69, 9.17) is 4.74 Å². The highest BCUT2D eigenvalue weighted by Crippen LogP contribution is 2.33. The summed E-state index contributed by atoms with van der Waals surface area (Å²) in [6.07, 6.45) is 1.79. The molecule has 1 aliphatic rings. The number of anilines is 1. The van der Waals surface area contributed by atoms with Gasteiger partial charge < -0.3 is 9.64 Å². The van der Waals surface area contributed by atoms with Crippen molar-refractivity contribution in [3.63, 3.8) is 0 Å². The Kier molecular flexibility index (Phi) is 4.37. The molecule has 0 spiro atoms. The maximum atomic E-state index is 13.1. The fraction of sp³-hybridized carbons (Fsp3) is 0.150. The van der Waals surface area contributed by atoms with Crippen LogP contribution in [0.25, 0.3) is 10.2 Å². The second-order valence-corrected chi connectivity index (χ2v) is 7.28. The summed E-state index contributed by atoms with van der Waals surface area (Å²) < 4.78 is 6.33. The number of ether oxygens (including phenoxy) is 1. The van der Waals surface area contributed by atoms with Crippen LogP contribution in [0.1, 0.15) is 5.56 Å². The standard InChI is InChI=1S/C20H18N4O2S/c1-23(2)12-15-18(13-7-6-8-14(11-13)26-3)22-24(19(15)25)20-21-16-9-4-5-10-17(16)27-20/h4-12H,1-3H3/b15-12+. The maximum absolute atomic E-state index is 13.1. The van der Waals surface area contributed by atoms with Crippen molar-refractivity contribution in [2.24, 2.45) is 5.10 Å². The first-order valence-corrected chi connectivity index (χ1v) is 9.20. The predicted octanol–water partition coefficient (Wildman–Crippen LogP) is 3.50. The molecule has 6 nitrogen and oxygen atoms in total. The van der Waals surface area contributed by atoms with E-state index in [1.165, 1.54) is 16.3 Å². The van der Waals surface area contributed by atoms with Crippen molar-refractivity contribution in [3.8, 4) is 5.75 Å². The fourth-order valence-electron chi connectivity index (χ4n) is 2.85. The molecule has 0 aliphatic carbocycles. The predicted molar refractivity (Wildman–Crippen MR) is 108 cm³/mol. The van der Waals surface area contributed by atoms with Crippen LogP contribution in [-0.2, 0) is 4.79 Å². The van der Waals surface area contributed by atoms with E-state index in [1.54, 1.807) is 13.3 Å². The molecule has 0 atom stereocenters. The number of fused-ring (bicyclic) bond motifs is 1. The molecule has 1 aliphatic heterocycles. The van der Waals surface area contributed by atoms with E-state index in [-0.39, 0.29) is 5.91 Å². The lowest BCUT2D eigenvalue weighted by atomic mass is 10.0. The fourth-order valence-corrected chi connectivity index (χ4v) is 3.77. The third-order valence-electron chi connectivity index (χ3n) is 4.07. The van der Waals surface area contributed by atoms with E-state index in [1.807, 2.05) is 67.5 Å². The molecule has 7 heteroatoms. The van der Waals surface area contributed by atoms with Crippen molar-refractivity contribution >= 4 is 38.3 Å². The summed E-state index contributed by atoms with van der Waals surface area (Å²) in [6.45, 7) is 0. The number of thiazole rings is 1. The summed E-state index contributed by atoms with van der Waals surface area (Å²) >= 11 is 1.45. The molecule has 4 rings (SSSR count). The van der Waals surface area contributed by atoms with Crippen LogP contribution in [0, 0.1) is 0 Å². The van der Waals surface area contributed by atoms with Crippen molar-refractivity contribution in [1.82, 2.24) is 9.88 Å². The second kappa shape index (κ2) is 6.85. The Labute approximate surface area is 161 Å². The van der Waals surface area contributed by atoms with Crippen LogP contribution < -0.4 is 9.75 Å². The van der Waals surface area contributed by atoms with Gasteiger partial charge in [0.05, 0.1) is 22.9 Å². The zero-order chi connectivity index (χ0) is 19.0. The van der Waals surface area contributed by atoms with Crippen molar-refractivity contribution < 1.29 is 9.53 Å². The minimum Gasteiger partial charge on any atom is -0.497 e. The molecule has 0 saturated heterocycles. The largest absolute Gasteiger partial charge is 0.497 e. The highest BCUT2D eigenvalue weighted by atomic mass is 32.1. The van der Waals surface area contributed by atoms with Gasteiger partial charge in [0.2, 0.25) is 5.13 Å². The average molecular weight is 378 g/mol. The molecule has 0 fully saturated rings. The van der Waals surface area contributed by atoms with Crippen LogP contribution in [0.15, 0.2) is 65.4 Å². The van der Waals surface area contributed by atoms with Gasteiger partial charge in [-0.25, -0.2) is 4.98 Å². The minimum absolute atomic E-state index is 0.194. The first-order valence-electron chi connectivity index (χ1n) is 8.38. The number of methoxy groups -OCH3 is 1. The number of nitrogens with zero attached hydrogens (tertiary/aromatic N) is 4. The van der Waals surface area contributed by atoms with Gasteiger partial charge in [0.25, 0.3) is 5.91 Å². The van der Waals surface area contributed by atoms with Gasteiger partial charge in [-0.05, 0) is 24.3 Å². The summed E-state index contributed by atoms with van der Waals surface area (Å²) in [5.41, 5.74) is 2.80. The highest BCUT2D eigenvalue weighted by Gasteiger charge is 2.34. The molecule has 136 valence electrons. The summed E-state index contributed by atoms with van der Waals surface area (Å²) in [7, 11) is 5.37. The van der Waals surface area contributed by atoms with Gasteiger partial charge in [-0.2, -0.15) is 10.1 Å². The number of benzene rings is 2. The van der Waals surface area contributed by atoms with Gasteiger partial charge in [0, 0.05) is 25.9 Å². The van der Waals surface area contributed by atoms with Crippen LogP contribution in [0.4, 0.5) is 5.13 Å². The zero-order valence-electron chi connectivity index (χ0n) is 15.2. The van der Waals surface area contributed by atoms with Gasteiger partial charge in [-0.15, -0.1) is 0 Å². The van der Waals surface area contributed by atoms with E-state index < -0.39 is 0 Å². The van der Waals surface area contributed by atoms with E-state index in [0.29, 0.717) is 22.2 Å². The SMILES string of the molecule is COc1cccc(C2=NN(c3nc4ccccc4s3)C(=O)/C2=C/N(C)C)c1. The van der Waals surface area contributed by atoms with Crippen molar-refractivity contribution in [1.29, 1.82) is 0 Å². The molecule has 27 heavy (non-hydrogen) atoms. The van der Waals surface area contributed by atoms with Crippen molar-refractivity contribution in [2.45, 2.75) is 0 Å². The number of hydrogen-bond donors (Lipinski definition) is 0. The molecule has 0 unspecified atom stereocenters.